The number of nitriles is 1. The molecule has 0 aliphatic rings. The molecule has 0 radical (unpaired) electrons. The Morgan fingerprint density at radius 1 is 1.00 bits per heavy atom. The molecule has 6 nitrogen and oxygen atoms in total. The standard InChI is InChI=1S/C28H21BrF7N3O3/c1-4-16-12-18(26(30,27(31,32)33)28(34,35)36)13-20(29)22(16)38-24(40)19-6-5-7-21(23(19)42-3)39(2)25(41)17-10-8-15(14-37)9-11-17/h5-13H,4H2,1-3H3,(H,38,40). The van der Waals surface area contributed by atoms with Gasteiger partial charge in [-0.2, -0.15) is 31.6 Å². The number of rotatable bonds is 7. The highest BCUT2D eigenvalue weighted by molar-refractivity contribution is 9.10. The smallest absolute Gasteiger partial charge is 0.435 e. The van der Waals surface area contributed by atoms with Crippen molar-refractivity contribution in [1.29, 1.82) is 5.26 Å². The van der Waals surface area contributed by atoms with Crippen LogP contribution in [0.4, 0.5) is 42.1 Å². The number of ether oxygens (including phenoxy) is 1. The summed E-state index contributed by atoms with van der Waals surface area (Å²) in [6.07, 6.45) is -12.8. The number of aryl methyl sites for hydroxylation is 1. The normalized spacial score (nSPS) is 12.0. The topological polar surface area (TPSA) is 82.4 Å². The predicted molar refractivity (Wildman–Crippen MR) is 143 cm³/mol. The molecule has 0 bridgehead atoms. The van der Waals surface area contributed by atoms with Crippen molar-refractivity contribution in [3.63, 3.8) is 0 Å². The van der Waals surface area contributed by atoms with E-state index in [0.717, 1.165) is 0 Å². The number of benzene rings is 3. The Labute approximate surface area is 243 Å². The third kappa shape index (κ3) is 5.92. The molecule has 0 saturated heterocycles. The summed E-state index contributed by atoms with van der Waals surface area (Å²) in [4.78, 5) is 27.6. The van der Waals surface area contributed by atoms with Crippen LogP contribution in [0.1, 0.15) is 44.3 Å². The van der Waals surface area contributed by atoms with Crippen LogP contribution in [0.25, 0.3) is 0 Å². The fourth-order valence-electron chi connectivity index (χ4n) is 4.12. The van der Waals surface area contributed by atoms with Gasteiger partial charge in [0.1, 0.15) is 0 Å². The number of hydrogen-bond acceptors (Lipinski definition) is 4. The van der Waals surface area contributed by atoms with E-state index < -0.39 is 39.9 Å². The lowest BCUT2D eigenvalue weighted by Crippen LogP contribution is -2.50. The molecule has 42 heavy (non-hydrogen) atoms. The molecular formula is C28H21BrF7N3O3. The molecule has 14 heteroatoms. The number of halogens is 8. The minimum atomic E-state index is -6.31. The third-order valence-electron chi connectivity index (χ3n) is 6.34. The molecule has 0 saturated carbocycles. The van der Waals surface area contributed by atoms with E-state index >= 15 is 0 Å². The van der Waals surface area contributed by atoms with Crippen LogP contribution in [-0.2, 0) is 12.1 Å². The number of carbonyl (C=O) groups is 2. The van der Waals surface area contributed by atoms with Crippen molar-refractivity contribution in [1.82, 2.24) is 0 Å². The first-order valence-electron chi connectivity index (χ1n) is 11.9. The molecule has 2 amide bonds. The van der Waals surface area contributed by atoms with Gasteiger partial charge in [0.15, 0.2) is 5.75 Å². The monoisotopic (exact) mass is 659 g/mol. The van der Waals surface area contributed by atoms with E-state index in [-0.39, 0.29) is 40.2 Å². The number of para-hydroxylation sites is 1. The second kappa shape index (κ2) is 12.0. The molecular weight excluding hydrogens is 639 g/mol. The summed E-state index contributed by atoms with van der Waals surface area (Å²) in [5, 5.41) is 11.4. The van der Waals surface area contributed by atoms with Crippen LogP contribution in [0.5, 0.6) is 5.75 Å². The summed E-state index contributed by atoms with van der Waals surface area (Å²) in [5.41, 5.74) is -7.17. The van der Waals surface area contributed by atoms with E-state index in [9.17, 15) is 40.3 Å². The zero-order valence-corrected chi connectivity index (χ0v) is 23.6. The number of nitrogens with zero attached hydrogens (tertiary/aromatic N) is 2. The molecule has 0 fully saturated rings. The second-order valence-corrected chi connectivity index (χ2v) is 9.72. The van der Waals surface area contributed by atoms with Crippen LogP contribution in [-0.4, -0.2) is 38.3 Å². The predicted octanol–water partition coefficient (Wildman–Crippen LogP) is 7.71. The highest BCUT2D eigenvalue weighted by Crippen LogP contribution is 2.54. The number of amides is 2. The zero-order chi connectivity index (χ0) is 31.6. The fourth-order valence-corrected chi connectivity index (χ4v) is 4.72. The van der Waals surface area contributed by atoms with Crippen LogP contribution in [0, 0.1) is 11.3 Å². The lowest BCUT2D eigenvalue weighted by atomic mass is 9.91. The largest absolute Gasteiger partial charge is 0.494 e. The summed E-state index contributed by atoms with van der Waals surface area (Å²) in [6, 6.07) is 12.7. The molecule has 0 heterocycles. The summed E-state index contributed by atoms with van der Waals surface area (Å²) >= 11 is 2.87. The third-order valence-corrected chi connectivity index (χ3v) is 6.97. The molecule has 0 atom stereocenters. The van der Waals surface area contributed by atoms with E-state index in [1.54, 1.807) is 0 Å². The lowest BCUT2D eigenvalue weighted by Gasteiger charge is -2.31. The quantitative estimate of drug-likeness (QED) is 0.264. The van der Waals surface area contributed by atoms with Crippen molar-refractivity contribution in [3.05, 3.63) is 86.9 Å². The van der Waals surface area contributed by atoms with Gasteiger partial charge in [-0.1, -0.05) is 13.0 Å². The van der Waals surface area contributed by atoms with Gasteiger partial charge in [0.05, 0.1) is 35.7 Å². The Kier molecular flexibility index (Phi) is 9.26. The summed E-state index contributed by atoms with van der Waals surface area (Å²) in [5.74, 6) is -1.46. The van der Waals surface area contributed by atoms with Crippen LogP contribution in [0.3, 0.4) is 0 Å². The second-order valence-electron chi connectivity index (χ2n) is 8.87. The van der Waals surface area contributed by atoms with Crippen LogP contribution < -0.4 is 15.0 Å². The van der Waals surface area contributed by atoms with Gasteiger partial charge < -0.3 is 15.0 Å². The molecule has 0 unspecified atom stereocenters. The average Bonchev–Trinajstić information content (AvgIpc) is 2.94. The Bertz CT molecular complexity index is 1530. The maximum Gasteiger partial charge on any atom is 0.435 e. The van der Waals surface area contributed by atoms with E-state index in [1.807, 2.05) is 6.07 Å². The lowest BCUT2D eigenvalue weighted by molar-refractivity contribution is -0.348. The molecule has 222 valence electrons. The number of hydrogen-bond donors (Lipinski definition) is 1. The van der Waals surface area contributed by atoms with E-state index in [4.69, 9.17) is 10.00 Å². The minimum Gasteiger partial charge on any atom is -0.494 e. The highest BCUT2D eigenvalue weighted by atomic mass is 79.9. The minimum absolute atomic E-state index is 0.0674. The van der Waals surface area contributed by atoms with Crippen LogP contribution in [0.2, 0.25) is 0 Å². The number of nitrogens with one attached hydrogen (secondary N) is 1. The molecule has 0 aliphatic carbocycles. The Morgan fingerprint density at radius 3 is 2.10 bits per heavy atom. The molecule has 0 aliphatic heterocycles. The first-order chi connectivity index (χ1) is 19.5. The van der Waals surface area contributed by atoms with Gasteiger partial charge in [-0.05, 0) is 76.4 Å². The van der Waals surface area contributed by atoms with E-state index in [2.05, 4.69) is 21.2 Å². The Balaban J connectivity index is 2.02. The zero-order valence-electron chi connectivity index (χ0n) is 22.0. The van der Waals surface area contributed by atoms with Crippen molar-refractivity contribution in [2.24, 2.45) is 0 Å². The van der Waals surface area contributed by atoms with Gasteiger partial charge in [-0.25, -0.2) is 4.39 Å². The summed E-state index contributed by atoms with van der Waals surface area (Å²) in [6.45, 7) is 1.40. The highest BCUT2D eigenvalue weighted by Gasteiger charge is 2.73. The molecule has 0 aromatic heterocycles. The van der Waals surface area contributed by atoms with Gasteiger partial charge in [-0.15, -0.1) is 0 Å². The van der Waals surface area contributed by atoms with Gasteiger partial charge in [0.2, 0.25) is 0 Å². The molecule has 3 aromatic carbocycles. The van der Waals surface area contributed by atoms with Crippen molar-refractivity contribution in [2.45, 2.75) is 31.4 Å². The average molecular weight is 660 g/mol. The number of carbonyl (C=O) groups excluding carboxylic acids is 2. The maximum absolute atomic E-state index is 14.7. The Morgan fingerprint density at radius 2 is 1.60 bits per heavy atom. The van der Waals surface area contributed by atoms with Gasteiger partial charge >= 0.3 is 18.0 Å². The van der Waals surface area contributed by atoms with E-state index in [1.165, 1.54) is 68.4 Å². The number of alkyl halides is 7. The summed E-state index contributed by atoms with van der Waals surface area (Å²) in [7, 11) is 2.64. The number of methoxy groups -OCH3 is 1. The van der Waals surface area contributed by atoms with Gasteiger partial charge in [0.25, 0.3) is 11.8 Å². The van der Waals surface area contributed by atoms with Crippen LogP contribution >= 0.6 is 15.9 Å². The van der Waals surface area contributed by atoms with E-state index in [0.29, 0.717) is 17.7 Å². The first kappa shape index (κ1) is 32.4. The molecule has 3 rings (SSSR count). The Hall–Kier alpha value is -4.12. The van der Waals surface area contributed by atoms with Gasteiger partial charge in [-0.3, -0.25) is 9.59 Å². The molecule has 3 aromatic rings. The number of anilines is 2. The first-order valence-corrected chi connectivity index (χ1v) is 12.7. The van der Waals surface area contributed by atoms with Crippen molar-refractivity contribution in [3.8, 4) is 11.8 Å². The maximum atomic E-state index is 14.7. The van der Waals surface area contributed by atoms with Crippen molar-refractivity contribution < 1.29 is 45.1 Å². The SMILES string of the molecule is CCc1cc(C(F)(C(F)(F)F)C(F)(F)F)cc(Br)c1NC(=O)c1cccc(N(C)C(=O)c2ccc(C#N)cc2)c1OC. The van der Waals surface area contributed by atoms with Crippen molar-refractivity contribution in [2.75, 3.05) is 24.4 Å². The summed E-state index contributed by atoms with van der Waals surface area (Å²) < 4.78 is 99.7. The fraction of sp³-hybridized carbons (Fsp3) is 0.250. The van der Waals surface area contributed by atoms with Crippen LogP contribution in [0.15, 0.2) is 59.1 Å². The van der Waals surface area contributed by atoms with Gasteiger partial charge in [0, 0.05) is 22.6 Å². The molecule has 1 N–H and O–H groups in total. The molecule has 0 spiro atoms. The van der Waals surface area contributed by atoms with Crippen molar-refractivity contribution >= 4 is 39.1 Å².